The van der Waals surface area contributed by atoms with Crippen LogP contribution < -0.4 is 14.8 Å². The summed E-state index contributed by atoms with van der Waals surface area (Å²) in [5, 5.41) is 12.6. The third-order valence-corrected chi connectivity index (χ3v) is 4.26. The predicted molar refractivity (Wildman–Crippen MR) is 77.9 cm³/mol. The van der Waals surface area contributed by atoms with E-state index in [1.165, 1.54) is 0 Å². The predicted octanol–water partition coefficient (Wildman–Crippen LogP) is 2.75. The minimum absolute atomic E-state index is 0.358. The number of hydrogen-bond donors (Lipinski definition) is 1. The molecule has 0 spiro atoms. The molecule has 1 saturated carbocycles. The van der Waals surface area contributed by atoms with Crippen LogP contribution in [0.4, 0.5) is 0 Å². The Balaban J connectivity index is 1.84. The van der Waals surface area contributed by atoms with E-state index in [1.54, 1.807) is 7.11 Å². The fraction of sp³-hybridized carbons (Fsp3) is 0.562. The average Bonchev–Trinajstić information content (AvgIpc) is 2.91. The zero-order chi connectivity index (χ0) is 14.4. The highest BCUT2D eigenvalue weighted by Gasteiger charge is 2.41. The second-order valence-corrected chi connectivity index (χ2v) is 5.23. The number of methoxy groups -OCH3 is 1. The number of rotatable bonds is 6. The van der Waals surface area contributed by atoms with Gasteiger partial charge in [-0.15, -0.1) is 0 Å². The molecule has 0 bridgehead atoms. The standard InChI is InChI=1S/C16H22N2O2/c1-18-16(12-17)10-3-4-13(16)9-11-20-15-7-5-14(19-2)6-8-15/h5-8,13,18H,3-4,9-11H2,1-2H3. The molecule has 0 saturated heterocycles. The van der Waals surface area contributed by atoms with Crippen molar-refractivity contribution in [2.75, 3.05) is 20.8 Å². The first-order chi connectivity index (χ1) is 9.74. The first-order valence-electron chi connectivity index (χ1n) is 7.11. The Morgan fingerprint density at radius 2 is 2.05 bits per heavy atom. The molecule has 4 nitrogen and oxygen atoms in total. The highest BCUT2D eigenvalue weighted by molar-refractivity contribution is 5.31. The van der Waals surface area contributed by atoms with E-state index in [0.717, 1.165) is 37.2 Å². The van der Waals surface area contributed by atoms with Crippen molar-refractivity contribution in [2.24, 2.45) is 5.92 Å². The Labute approximate surface area is 120 Å². The maximum absolute atomic E-state index is 9.39. The lowest BCUT2D eigenvalue weighted by atomic mass is 9.86. The maximum Gasteiger partial charge on any atom is 0.119 e. The number of benzene rings is 1. The van der Waals surface area contributed by atoms with Crippen molar-refractivity contribution in [3.8, 4) is 17.6 Å². The van der Waals surface area contributed by atoms with Gasteiger partial charge in [0.15, 0.2) is 0 Å². The first kappa shape index (κ1) is 14.7. The second kappa shape index (κ2) is 6.62. The molecule has 1 aliphatic carbocycles. The summed E-state index contributed by atoms with van der Waals surface area (Å²) < 4.78 is 10.9. The van der Waals surface area contributed by atoms with E-state index in [1.807, 2.05) is 31.3 Å². The Bertz CT molecular complexity index is 466. The van der Waals surface area contributed by atoms with Crippen LogP contribution in [0.2, 0.25) is 0 Å². The molecule has 2 atom stereocenters. The average molecular weight is 274 g/mol. The number of hydrogen-bond acceptors (Lipinski definition) is 4. The number of nitrogens with one attached hydrogen (secondary N) is 1. The summed E-state index contributed by atoms with van der Waals surface area (Å²) in [6.07, 6.45) is 4.05. The van der Waals surface area contributed by atoms with Gasteiger partial charge in [0.25, 0.3) is 0 Å². The zero-order valence-corrected chi connectivity index (χ0v) is 12.2. The van der Waals surface area contributed by atoms with E-state index in [9.17, 15) is 5.26 Å². The molecule has 4 heteroatoms. The van der Waals surface area contributed by atoms with E-state index >= 15 is 0 Å². The fourth-order valence-corrected chi connectivity index (χ4v) is 2.99. The normalized spacial score (nSPS) is 25.1. The molecule has 1 N–H and O–H groups in total. The van der Waals surface area contributed by atoms with Gasteiger partial charge in [0, 0.05) is 0 Å². The van der Waals surface area contributed by atoms with Crippen molar-refractivity contribution in [3.63, 3.8) is 0 Å². The van der Waals surface area contributed by atoms with Crippen molar-refractivity contribution in [1.82, 2.24) is 5.32 Å². The summed E-state index contributed by atoms with van der Waals surface area (Å²) >= 11 is 0. The molecule has 0 aromatic heterocycles. The van der Waals surface area contributed by atoms with Gasteiger partial charge in [-0.2, -0.15) is 5.26 Å². The van der Waals surface area contributed by atoms with Gasteiger partial charge in [-0.3, -0.25) is 0 Å². The molecule has 1 fully saturated rings. The van der Waals surface area contributed by atoms with Gasteiger partial charge in [-0.05, 0) is 56.5 Å². The van der Waals surface area contributed by atoms with Crippen LogP contribution in [-0.2, 0) is 0 Å². The van der Waals surface area contributed by atoms with Crippen molar-refractivity contribution in [3.05, 3.63) is 24.3 Å². The minimum atomic E-state index is -0.358. The fourth-order valence-electron chi connectivity index (χ4n) is 2.99. The van der Waals surface area contributed by atoms with Gasteiger partial charge in [-0.25, -0.2) is 0 Å². The molecule has 108 valence electrons. The zero-order valence-electron chi connectivity index (χ0n) is 12.2. The lowest BCUT2D eigenvalue weighted by molar-refractivity contribution is 0.239. The third kappa shape index (κ3) is 3.05. The van der Waals surface area contributed by atoms with Crippen LogP contribution in [-0.4, -0.2) is 26.3 Å². The Kier molecular flexibility index (Phi) is 4.86. The Morgan fingerprint density at radius 3 is 2.65 bits per heavy atom. The lowest BCUT2D eigenvalue weighted by Crippen LogP contribution is -2.45. The molecule has 0 heterocycles. The molecule has 1 aromatic rings. The van der Waals surface area contributed by atoms with Crippen LogP contribution in [0.15, 0.2) is 24.3 Å². The van der Waals surface area contributed by atoms with E-state index in [0.29, 0.717) is 12.5 Å². The number of nitriles is 1. The highest BCUT2D eigenvalue weighted by atomic mass is 16.5. The van der Waals surface area contributed by atoms with Gasteiger partial charge in [-0.1, -0.05) is 6.42 Å². The third-order valence-electron chi connectivity index (χ3n) is 4.26. The minimum Gasteiger partial charge on any atom is -0.497 e. The molecule has 0 radical (unpaired) electrons. The molecule has 0 amide bonds. The summed E-state index contributed by atoms with van der Waals surface area (Å²) in [5.41, 5.74) is -0.358. The molecular weight excluding hydrogens is 252 g/mol. The smallest absolute Gasteiger partial charge is 0.119 e. The largest absolute Gasteiger partial charge is 0.497 e. The second-order valence-electron chi connectivity index (χ2n) is 5.23. The summed E-state index contributed by atoms with van der Waals surface area (Å²) in [5.74, 6) is 2.04. The molecular formula is C16H22N2O2. The van der Waals surface area contributed by atoms with Crippen LogP contribution in [0.1, 0.15) is 25.7 Å². The van der Waals surface area contributed by atoms with Crippen LogP contribution >= 0.6 is 0 Å². The topological polar surface area (TPSA) is 54.3 Å². The number of ether oxygens (including phenoxy) is 2. The highest BCUT2D eigenvalue weighted by Crippen LogP contribution is 2.37. The van der Waals surface area contributed by atoms with Crippen molar-refractivity contribution in [1.29, 1.82) is 5.26 Å². The molecule has 20 heavy (non-hydrogen) atoms. The van der Waals surface area contributed by atoms with Gasteiger partial charge in [0.05, 0.1) is 19.8 Å². The summed E-state index contributed by atoms with van der Waals surface area (Å²) in [6.45, 7) is 0.641. The van der Waals surface area contributed by atoms with E-state index in [4.69, 9.17) is 9.47 Å². The summed E-state index contributed by atoms with van der Waals surface area (Å²) in [6, 6.07) is 10.0. The summed E-state index contributed by atoms with van der Waals surface area (Å²) in [7, 11) is 3.53. The van der Waals surface area contributed by atoms with Gasteiger partial charge < -0.3 is 14.8 Å². The first-order valence-corrected chi connectivity index (χ1v) is 7.11. The quantitative estimate of drug-likeness (QED) is 0.866. The Morgan fingerprint density at radius 1 is 1.35 bits per heavy atom. The van der Waals surface area contributed by atoms with Crippen molar-refractivity contribution in [2.45, 2.75) is 31.2 Å². The molecule has 2 unspecified atom stereocenters. The van der Waals surface area contributed by atoms with E-state index in [-0.39, 0.29) is 5.54 Å². The summed E-state index contributed by atoms with van der Waals surface area (Å²) in [4.78, 5) is 0. The lowest BCUT2D eigenvalue weighted by Gasteiger charge is -2.28. The van der Waals surface area contributed by atoms with Gasteiger partial charge in [0.1, 0.15) is 17.0 Å². The molecule has 0 aliphatic heterocycles. The van der Waals surface area contributed by atoms with E-state index in [2.05, 4.69) is 11.4 Å². The van der Waals surface area contributed by atoms with Gasteiger partial charge in [0.2, 0.25) is 0 Å². The van der Waals surface area contributed by atoms with Crippen LogP contribution in [0.25, 0.3) is 0 Å². The Hall–Kier alpha value is -1.73. The van der Waals surface area contributed by atoms with Crippen molar-refractivity contribution >= 4 is 0 Å². The number of nitrogens with zero attached hydrogens (tertiary/aromatic N) is 1. The molecule has 2 rings (SSSR count). The van der Waals surface area contributed by atoms with Crippen LogP contribution in [0.5, 0.6) is 11.5 Å². The van der Waals surface area contributed by atoms with Crippen LogP contribution in [0.3, 0.4) is 0 Å². The maximum atomic E-state index is 9.39. The van der Waals surface area contributed by atoms with E-state index < -0.39 is 0 Å². The molecule has 1 aliphatic rings. The monoisotopic (exact) mass is 274 g/mol. The van der Waals surface area contributed by atoms with Crippen LogP contribution in [0, 0.1) is 17.2 Å². The SMILES string of the molecule is CNC1(C#N)CCCC1CCOc1ccc(OC)cc1. The van der Waals surface area contributed by atoms with Gasteiger partial charge >= 0.3 is 0 Å². The molecule has 1 aromatic carbocycles. The van der Waals surface area contributed by atoms with Crippen molar-refractivity contribution < 1.29 is 9.47 Å².